The minimum Gasteiger partial charge on any atom is -0.447 e. The normalized spacial score (nSPS) is 11.6. The number of anilines is 1. The summed E-state index contributed by atoms with van der Waals surface area (Å²) in [5.41, 5.74) is 1.71. The quantitative estimate of drug-likeness (QED) is 0.369. The number of fused-ring (bicyclic) bond motifs is 1. The number of ether oxygens (including phenoxy) is 1. The number of carbonyl (C=O) groups is 2. The predicted molar refractivity (Wildman–Crippen MR) is 137 cm³/mol. The van der Waals surface area contributed by atoms with Crippen LogP contribution in [0.5, 0.6) is 0 Å². The number of unbranched alkanes of at least 4 members (excludes halogenated alkanes) is 2. The number of hydrogen-bond donors (Lipinski definition) is 2. The summed E-state index contributed by atoms with van der Waals surface area (Å²) in [6.07, 6.45) is 2.66. The molecule has 13 heteroatoms. The molecule has 11 nitrogen and oxygen atoms in total. The first-order valence-electron chi connectivity index (χ1n) is 11.5. The lowest BCUT2D eigenvalue weighted by molar-refractivity contribution is 0.0976. The zero-order valence-corrected chi connectivity index (χ0v) is 22.1. The predicted octanol–water partition coefficient (Wildman–Crippen LogP) is 4.04. The van der Waals surface area contributed by atoms with E-state index in [-0.39, 0.29) is 24.1 Å². The molecule has 36 heavy (non-hydrogen) atoms. The molecule has 0 saturated carbocycles. The number of nitrogens with zero attached hydrogens (tertiary/aromatic N) is 4. The SMILES string of the molecule is CCCCCS(=O)(=O)NC(=O)c1ccc2nc(C)n(Cc3ncc(NC(=O)OC(C)C)cc3Cl)c2n1. The van der Waals surface area contributed by atoms with E-state index in [2.05, 4.69) is 25.0 Å². The Hall–Kier alpha value is -3.25. The van der Waals surface area contributed by atoms with Crippen LogP contribution in [0.1, 0.15) is 62.0 Å². The molecule has 0 unspecified atom stereocenters. The number of hydrogen-bond acceptors (Lipinski definition) is 8. The van der Waals surface area contributed by atoms with Crippen molar-refractivity contribution >= 4 is 50.5 Å². The van der Waals surface area contributed by atoms with Gasteiger partial charge >= 0.3 is 6.09 Å². The van der Waals surface area contributed by atoms with Gasteiger partial charge in [0, 0.05) is 0 Å². The van der Waals surface area contributed by atoms with Gasteiger partial charge in [-0.1, -0.05) is 31.4 Å². The summed E-state index contributed by atoms with van der Waals surface area (Å²) < 4.78 is 33.3. The molecular weight excluding hydrogens is 508 g/mol. The Labute approximate surface area is 214 Å². The molecule has 0 bridgehead atoms. The molecule has 2 N–H and O–H groups in total. The van der Waals surface area contributed by atoms with Gasteiger partial charge in [0.2, 0.25) is 10.0 Å². The Balaban J connectivity index is 1.81. The van der Waals surface area contributed by atoms with Crippen molar-refractivity contribution < 1.29 is 22.7 Å². The van der Waals surface area contributed by atoms with Gasteiger partial charge in [0.15, 0.2) is 5.65 Å². The highest BCUT2D eigenvalue weighted by Crippen LogP contribution is 2.22. The van der Waals surface area contributed by atoms with E-state index >= 15 is 0 Å². The Morgan fingerprint density at radius 1 is 1.19 bits per heavy atom. The van der Waals surface area contributed by atoms with Gasteiger partial charge in [0.1, 0.15) is 17.0 Å². The molecule has 2 amide bonds. The summed E-state index contributed by atoms with van der Waals surface area (Å²) in [6, 6.07) is 4.58. The molecule has 0 aliphatic heterocycles. The molecule has 3 rings (SSSR count). The maximum Gasteiger partial charge on any atom is 0.411 e. The van der Waals surface area contributed by atoms with Crippen LogP contribution in [0.15, 0.2) is 24.4 Å². The third-order valence-electron chi connectivity index (χ3n) is 5.09. The second-order valence-corrected chi connectivity index (χ2v) is 10.7. The number of amides is 2. The van der Waals surface area contributed by atoms with Gasteiger partial charge in [-0.2, -0.15) is 0 Å². The van der Waals surface area contributed by atoms with Crippen molar-refractivity contribution in [3.05, 3.63) is 46.6 Å². The van der Waals surface area contributed by atoms with Crippen LogP contribution in [0.25, 0.3) is 11.2 Å². The molecule has 0 saturated heterocycles. The number of pyridine rings is 2. The average Bonchev–Trinajstić information content (AvgIpc) is 3.09. The van der Waals surface area contributed by atoms with Gasteiger partial charge < -0.3 is 9.30 Å². The lowest BCUT2D eigenvalue weighted by atomic mass is 10.3. The summed E-state index contributed by atoms with van der Waals surface area (Å²) >= 11 is 6.41. The van der Waals surface area contributed by atoms with E-state index < -0.39 is 22.0 Å². The largest absolute Gasteiger partial charge is 0.447 e. The van der Waals surface area contributed by atoms with Crippen molar-refractivity contribution in [2.75, 3.05) is 11.1 Å². The van der Waals surface area contributed by atoms with Crippen LogP contribution in [0.2, 0.25) is 5.02 Å². The Kier molecular flexibility index (Phi) is 8.85. The molecule has 3 aromatic rings. The van der Waals surface area contributed by atoms with E-state index in [0.29, 0.717) is 39.8 Å². The first kappa shape index (κ1) is 27.3. The number of halogens is 1. The molecule has 0 aromatic carbocycles. The fraction of sp³-hybridized carbons (Fsp3) is 0.435. The van der Waals surface area contributed by atoms with Gasteiger partial charge in [-0.05, 0) is 45.4 Å². The molecular formula is C23H29ClN6O5S. The molecule has 0 atom stereocenters. The van der Waals surface area contributed by atoms with Crippen molar-refractivity contribution in [3.8, 4) is 0 Å². The molecule has 194 valence electrons. The van der Waals surface area contributed by atoms with Gasteiger partial charge in [-0.25, -0.2) is 27.9 Å². The van der Waals surface area contributed by atoms with Crippen LogP contribution < -0.4 is 10.0 Å². The summed E-state index contributed by atoms with van der Waals surface area (Å²) in [5, 5.41) is 2.86. The van der Waals surface area contributed by atoms with Crippen LogP contribution in [0.4, 0.5) is 10.5 Å². The molecule has 0 fully saturated rings. The second kappa shape index (κ2) is 11.7. The van der Waals surface area contributed by atoms with Crippen LogP contribution in [0.3, 0.4) is 0 Å². The highest BCUT2D eigenvalue weighted by atomic mass is 35.5. The van der Waals surface area contributed by atoms with Crippen molar-refractivity contribution in [2.45, 2.75) is 59.6 Å². The Bertz CT molecular complexity index is 1370. The lowest BCUT2D eigenvalue weighted by Gasteiger charge is -2.12. The highest BCUT2D eigenvalue weighted by molar-refractivity contribution is 7.90. The van der Waals surface area contributed by atoms with E-state index in [1.807, 2.05) is 6.92 Å². The van der Waals surface area contributed by atoms with E-state index in [4.69, 9.17) is 16.3 Å². The van der Waals surface area contributed by atoms with Crippen LogP contribution >= 0.6 is 11.6 Å². The topological polar surface area (TPSA) is 145 Å². The third-order valence-corrected chi connectivity index (χ3v) is 6.74. The molecule has 0 aliphatic carbocycles. The van der Waals surface area contributed by atoms with Gasteiger partial charge in [0.05, 0.1) is 41.0 Å². The van der Waals surface area contributed by atoms with Gasteiger partial charge in [0.25, 0.3) is 5.91 Å². The van der Waals surface area contributed by atoms with E-state index in [1.54, 1.807) is 37.5 Å². The summed E-state index contributed by atoms with van der Waals surface area (Å²) in [4.78, 5) is 37.6. The van der Waals surface area contributed by atoms with E-state index in [9.17, 15) is 18.0 Å². The smallest absolute Gasteiger partial charge is 0.411 e. The van der Waals surface area contributed by atoms with Gasteiger partial charge in [-0.3, -0.25) is 15.1 Å². The Morgan fingerprint density at radius 2 is 1.94 bits per heavy atom. The summed E-state index contributed by atoms with van der Waals surface area (Å²) in [5.74, 6) is -0.336. The van der Waals surface area contributed by atoms with E-state index in [0.717, 1.165) is 12.8 Å². The first-order valence-corrected chi connectivity index (χ1v) is 13.5. The van der Waals surface area contributed by atoms with Crippen molar-refractivity contribution in [3.63, 3.8) is 0 Å². The lowest BCUT2D eigenvalue weighted by Crippen LogP contribution is -2.33. The average molecular weight is 537 g/mol. The Morgan fingerprint density at radius 3 is 2.61 bits per heavy atom. The number of carbonyl (C=O) groups excluding carboxylic acids is 2. The zero-order valence-electron chi connectivity index (χ0n) is 20.5. The highest BCUT2D eigenvalue weighted by Gasteiger charge is 2.19. The maximum atomic E-state index is 12.6. The number of nitrogens with one attached hydrogen (secondary N) is 2. The molecule has 0 radical (unpaired) electrons. The monoisotopic (exact) mass is 536 g/mol. The minimum atomic E-state index is -3.76. The van der Waals surface area contributed by atoms with Crippen LogP contribution in [-0.2, 0) is 21.3 Å². The molecule has 3 aromatic heterocycles. The van der Waals surface area contributed by atoms with E-state index in [1.165, 1.54) is 12.3 Å². The second-order valence-electron chi connectivity index (χ2n) is 8.47. The number of rotatable bonds is 10. The summed E-state index contributed by atoms with van der Waals surface area (Å²) in [7, 11) is -3.76. The molecule has 0 spiro atoms. The van der Waals surface area contributed by atoms with Crippen molar-refractivity contribution in [1.29, 1.82) is 0 Å². The summed E-state index contributed by atoms with van der Waals surface area (Å²) in [6.45, 7) is 7.40. The number of aryl methyl sites for hydroxylation is 1. The number of sulfonamides is 1. The molecule has 3 heterocycles. The first-order chi connectivity index (χ1) is 17.0. The minimum absolute atomic E-state index is 0.0509. The standard InChI is InChI=1S/C23H29ClN6O5S/c1-5-6-7-10-36(33,34)29-22(31)19-9-8-18-21(28-19)30(15(4)26-18)13-20-17(24)11-16(12-25-20)27-23(32)35-14(2)3/h8-9,11-12,14H,5-7,10,13H2,1-4H3,(H,27,32)(H,29,31). The van der Waals surface area contributed by atoms with Gasteiger partial charge in [-0.15, -0.1) is 0 Å². The maximum absolute atomic E-state index is 12.6. The van der Waals surface area contributed by atoms with Crippen LogP contribution in [-0.4, -0.2) is 51.8 Å². The number of imidazole rings is 1. The number of aromatic nitrogens is 4. The fourth-order valence-corrected chi connectivity index (χ4v) is 4.68. The molecule has 0 aliphatic rings. The van der Waals surface area contributed by atoms with Crippen molar-refractivity contribution in [2.24, 2.45) is 0 Å². The zero-order chi connectivity index (χ0) is 26.5. The van der Waals surface area contributed by atoms with Crippen LogP contribution in [0, 0.1) is 6.92 Å². The van der Waals surface area contributed by atoms with Crippen molar-refractivity contribution in [1.82, 2.24) is 24.2 Å². The fourth-order valence-electron chi connectivity index (χ4n) is 3.38. The third kappa shape index (κ3) is 7.14.